The maximum Gasteiger partial charge on any atom is 0.359 e. The average Bonchev–Trinajstić information content (AvgIpc) is 3.96. The minimum Gasteiger partial charge on any atom is -0.476 e. The van der Waals surface area contributed by atoms with Crippen molar-refractivity contribution >= 4 is 56.2 Å². The highest BCUT2D eigenvalue weighted by Gasteiger charge is 2.19. The van der Waals surface area contributed by atoms with Gasteiger partial charge in [-0.1, -0.05) is 62.3 Å². The molecular formula is C36H16ClFN8O7S. The second-order valence-corrected chi connectivity index (χ2v) is 12.5. The number of fused-ring (bicyclic) bond motifs is 2. The van der Waals surface area contributed by atoms with E-state index in [0.29, 0.717) is 37.8 Å². The minimum atomic E-state index is -1.36. The number of hydrogen-bond donors (Lipinski definition) is 4. The van der Waals surface area contributed by atoms with E-state index in [9.17, 15) is 19.1 Å². The summed E-state index contributed by atoms with van der Waals surface area (Å²) in [6.07, 6.45) is 0. The molecule has 0 amide bonds. The Kier molecular flexibility index (Phi) is 8.60. The van der Waals surface area contributed by atoms with Crippen molar-refractivity contribution in [3.8, 4) is 58.1 Å². The van der Waals surface area contributed by atoms with E-state index in [1.54, 1.807) is 18.2 Å². The van der Waals surface area contributed by atoms with E-state index in [4.69, 9.17) is 35.6 Å². The number of ether oxygens (including phenoxy) is 2. The van der Waals surface area contributed by atoms with Crippen LogP contribution in [0, 0.1) is 29.5 Å². The van der Waals surface area contributed by atoms with Crippen LogP contribution in [0.4, 0.5) is 4.39 Å². The molecule has 0 atom stereocenters. The van der Waals surface area contributed by atoms with Crippen LogP contribution in [0.15, 0.2) is 77.2 Å². The Balaban J connectivity index is 1.01. The molecule has 18 heteroatoms. The molecule has 15 nitrogen and oxygen atoms in total. The van der Waals surface area contributed by atoms with E-state index >= 15 is 0 Å². The van der Waals surface area contributed by atoms with Gasteiger partial charge < -0.3 is 24.1 Å². The number of H-pyrrole nitrogens is 2. The molecule has 8 aromatic rings. The van der Waals surface area contributed by atoms with Crippen LogP contribution in [0.2, 0.25) is 5.02 Å². The molecule has 0 unspecified atom stereocenters. The van der Waals surface area contributed by atoms with Gasteiger partial charge in [-0.2, -0.15) is 0 Å². The van der Waals surface area contributed by atoms with Crippen molar-refractivity contribution in [2.75, 3.05) is 0 Å². The van der Waals surface area contributed by atoms with Gasteiger partial charge in [0.15, 0.2) is 22.2 Å². The highest BCUT2D eigenvalue weighted by molar-refractivity contribution is 7.19. The summed E-state index contributed by atoms with van der Waals surface area (Å²) in [6, 6.07) is 19.9. The van der Waals surface area contributed by atoms with Crippen molar-refractivity contribution in [2.24, 2.45) is 0 Å². The van der Waals surface area contributed by atoms with Crippen molar-refractivity contribution in [1.82, 2.24) is 40.8 Å². The van der Waals surface area contributed by atoms with Crippen molar-refractivity contribution in [1.29, 1.82) is 0 Å². The number of nitrogens with zero attached hydrogens (tertiary/aromatic N) is 6. The van der Waals surface area contributed by atoms with E-state index in [1.165, 1.54) is 29.5 Å². The molecule has 0 saturated carbocycles. The molecular weight excluding hydrogens is 743 g/mol. The topological polar surface area (TPSA) is 215 Å². The van der Waals surface area contributed by atoms with Gasteiger partial charge in [0.1, 0.15) is 11.3 Å². The quantitative estimate of drug-likeness (QED) is 0.122. The van der Waals surface area contributed by atoms with Crippen LogP contribution in [0.5, 0.6) is 23.3 Å². The summed E-state index contributed by atoms with van der Waals surface area (Å²) in [5, 5.41) is 37.7. The van der Waals surface area contributed by atoms with Gasteiger partial charge in [-0.3, -0.25) is 0 Å². The summed E-state index contributed by atoms with van der Waals surface area (Å²) >= 11 is 7.67. The van der Waals surface area contributed by atoms with Gasteiger partial charge in [-0.15, -0.1) is 11.3 Å². The summed E-state index contributed by atoms with van der Waals surface area (Å²) in [6.45, 7) is 0. The number of benzene rings is 4. The number of aromatic nitrogens is 8. The van der Waals surface area contributed by atoms with E-state index in [1.807, 2.05) is 30.3 Å². The van der Waals surface area contributed by atoms with Crippen LogP contribution in [-0.4, -0.2) is 62.9 Å². The molecule has 0 saturated heterocycles. The molecule has 0 radical (unpaired) electrons. The molecule has 0 aliphatic rings. The van der Waals surface area contributed by atoms with E-state index in [2.05, 4.69) is 59.5 Å². The van der Waals surface area contributed by atoms with Crippen molar-refractivity contribution in [3.63, 3.8) is 0 Å². The Bertz CT molecular complexity index is 2930. The molecule has 54 heavy (non-hydrogen) atoms. The average molecular weight is 759 g/mol. The van der Waals surface area contributed by atoms with Gasteiger partial charge in [-0.05, 0) is 72.0 Å². The summed E-state index contributed by atoms with van der Waals surface area (Å²) in [4.78, 5) is 31.8. The Morgan fingerprint density at radius 2 is 1.56 bits per heavy atom. The molecule has 4 heterocycles. The lowest BCUT2D eigenvalue weighted by atomic mass is 10.0. The summed E-state index contributed by atoms with van der Waals surface area (Å²) in [5.41, 5.74) is 3.40. The summed E-state index contributed by atoms with van der Waals surface area (Å²) in [7, 11) is 0. The first-order chi connectivity index (χ1) is 26.2. The predicted octanol–water partition coefficient (Wildman–Crippen LogP) is 6.91. The number of halogens is 2. The van der Waals surface area contributed by atoms with E-state index in [-0.39, 0.29) is 34.8 Å². The van der Waals surface area contributed by atoms with Crippen LogP contribution in [-0.2, 0) is 0 Å². The molecule has 4 N–H and O–H groups in total. The third kappa shape index (κ3) is 6.86. The van der Waals surface area contributed by atoms with E-state index < -0.39 is 23.4 Å². The summed E-state index contributed by atoms with van der Waals surface area (Å²) in [5.74, 6) is 7.75. The zero-order chi connectivity index (χ0) is 37.3. The number of aromatic amines is 2. The number of para-hydroxylation sites is 1. The van der Waals surface area contributed by atoms with Gasteiger partial charge in [0.25, 0.3) is 17.7 Å². The SMILES string of the molecule is O=C(O)c1[nH]nnc1Oc1cc(Cl)cc(C#Cc2nc3cc(-c4cccc5nc(C#Cc6ccc(Oc7nn[nH]c7C(=O)O)c(F)c6)oc45)ccc3s2)c1. The molecule has 8 rings (SSSR count). The maximum atomic E-state index is 14.8. The van der Waals surface area contributed by atoms with Crippen LogP contribution >= 0.6 is 22.9 Å². The van der Waals surface area contributed by atoms with Gasteiger partial charge in [0, 0.05) is 21.7 Å². The third-order valence-electron chi connectivity index (χ3n) is 7.43. The fraction of sp³-hybridized carbons (Fsp3) is 0. The molecule has 262 valence electrons. The molecule has 0 fully saturated rings. The number of carbonyl (C=O) groups is 2. The van der Waals surface area contributed by atoms with Crippen molar-refractivity contribution in [2.45, 2.75) is 0 Å². The molecule has 0 aliphatic heterocycles. The Hall–Kier alpha value is -7.60. The fourth-order valence-corrected chi connectivity index (χ4v) is 6.08. The molecule has 0 aliphatic carbocycles. The zero-order valence-electron chi connectivity index (χ0n) is 26.7. The van der Waals surface area contributed by atoms with Crippen LogP contribution in [0.3, 0.4) is 0 Å². The van der Waals surface area contributed by atoms with Crippen LogP contribution in [0.25, 0.3) is 32.4 Å². The van der Waals surface area contributed by atoms with E-state index in [0.717, 1.165) is 21.9 Å². The normalized spacial score (nSPS) is 10.8. The smallest absolute Gasteiger partial charge is 0.359 e. The third-order valence-corrected chi connectivity index (χ3v) is 8.60. The van der Waals surface area contributed by atoms with Gasteiger partial charge >= 0.3 is 11.9 Å². The molecule has 4 aromatic heterocycles. The highest BCUT2D eigenvalue weighted by Crippen LogP contribution is 2.33. The molecule has 0 spiro atoms. The van der Waals surface area contributed by atoms with Crippen molar-refractivity contribution < 1.29 is 38.1 Å². The number of aromatic carboxylic acids is 2. The Morgan fingerprint density at radius 3 is 2.31 bits per heavy atom. The van der Waals surface area contributed by atoms with Gasteiger partial charge in [0.05, 0.1) is 10.2 Å². The number of rotatable bonds is 7. The van der Waals surface area contributed by atoms with Crippen LogP contribution < -0.4 is 9.47 Å². The lowest BCUT2D eigenvalue weighted by Crippen LogP contribution is -2.00. The number of hydrogen-bond acceptors (Lipinski definition) is 12. The number of carboxylic acid groups (broad SMARTS) is 2. The Labute approximate surface area is 309 Å². The zero-order valence-corrected chi connectivity index (χ0v) is 28.3. The maximum absolute atomic E-state index is 14.8. The predicted molar refractivity (Wildman–Crippen MR) is 189 cm³/mol. The molecule has 0 bridgehead atoms. The van der Waals surface area contributed by atoms with Crippen molar-refractivity contribution in [3.05, 3.63) is 117 Å². The number of carboxylic acids is 2. The van der Waals surface area contributed by atoms with Gasteiger partial charge in [-0.25, -0.2) is 34.1 Å². The largest absolute Gasteiger partial charge is 0.476 e. The first-order valence-corrected chi connectivity index (χ1v) is 16.5. The lowest BCUT2D eigenvalue weighted by Gasteiger charge is -2.04. The lowest BCUT2D eigenvalue weighted by molar-refractivity contribution is 0.0676. The van der Waals surface area contributed by atoms with Gasteiger partial charge in [0.2, 0.25) is 11.4 Å². The number of nitrogens with one attached hydrogen (secondary N) is 2. The van der Waals surface area contributed by atoms with Crippen LogP contribution in [0.1, 0.15) is 43.0 Å². The first kappa shape index (κ1) is 33.5. The second-order valence-electron chi connectivity index (χ2n) is 11.0. The highest BCUT2D eigenvalue weighted by atomic mass is 35.5. The standard InChI is InChI=1S/C36H16ClFN8O7S/c37-20-12-18(13-21(16-20)51-33-30(35(47)48)41-45-43-33)6-11-29-40-25-15-19(7-9-27(25)54-29)22-2-1-3-24-32(22)53-28(39-24)10-5-17-4-8-26(23(38)14-17)52-34-31(36(49)50)42-46-44-34/h1-4,7-9,12-16H,(H,47,48)(H,49,50)(H,41,43,45)(H,42,44,46). The first-order valence-electron chi connectivity index (χ1n) is 15.3. The Morgan fingerprint density at radius 1 is 0.796 bits per heavy atom. The second kappa shape index (κ2) is 13.8. The molecule has 4 aromatic carbocycles. The fourth-order valence-electron chi connectivity index (χ4n) is 5.06. The number of thiazole rings is 1. The summed E-state index contributed by atoms with van der Waals surface area (Å²) < 4.78 is 32.6. The minimum absolute atomic E-state index is 0.108. The number of oxazole rings is 1. The monoisotopic (exact) mass is 758 g/mol.